The van der Waals surface area contributed by atoms with Gasteiger partial charge in [-0.3, -0.25) is 9.59 Å². The molecule has 2 amide bonds. The van der Waals surface area contributed by atoms with E-state index < -0.39 is 29.4 Å². The highest BCUT2D eigenvalue weighted by Gasteiger charge is 2.31. The van der Waals surface area contributed by atoms with Gasteiger partial charge >= 0.3 is 6.18 Å². The second kappa shape index (κ2) is 7.57. The molecule has 0 atom stereocenters. The minimum absolute atomic E-state index is 0.0422. The van der Waals surface area contributed by atoms with Gasteiger partial charge in [-0.05, 0) is 48.9 Å². The first-order chi connectivity index (χ1) is 13.5. The standard InChI is InChI=1S/C20H17F4N3O2/c1-10-14(15-8-13(21)4-6-16(15)25-10)9-19(29)27-18-7-12(20(22,23)24)3-5-17(18)26-11(2)28/h3-8,25H,9H2,1-2H3,(H,26,28)(H,27,29). The fourth-order valence-corrected chi connectivity index (χ4v) is 3.06. The van der Waals surface area contributed by atoms with Crippen LogP contribution in [0.15, 0.2) is 36.4 Å². The van der Waals surface area contributed by atoms with E-state index in [2.05, 4.69) is 15.6 Å². The summed E-state index contributed by atoms with van der Waals surface area (Å²) < 4.78 is 52.7. The van der Waals surface area contributed by atoms with E-state index in [0.717, 1.165) is 18.2 Å². The van der Waals surface area contributed by atoms with E-state index >= 15 is 0 Å². The van der Waals surface area contributed by atoms with Crippen LogP contribution >= 0.6 is 0 Å². The number of anilines is 2. The summed E-state index contributed by atoms with van der Waals surface area (Å²) in [6, 6.07) is 6.75. The smallest absolute Gasteiger partial charge is 0.358 e. The van der Waals surface area contributed by atoms with Crippen LogP contribution in [0.1, 0.15) is 23.7 Å². The van der Waals surface area contributed by atoms with E-state index in [-0.39, 0.29) is 17.8 Å². The van der Waals surface area contributed by atoms with Crippen LogP contribution in [-0.2, 0) is 22.2 Å². The molecule has 0 saturated heterocycles. The Hall–Kier alpha value is -3.36. The van der Waals surface area contributed by atoms with Crippen molar-refractivity contribution in [2.75, 3.05) is 10.6 Å². The van der Waals surface area contributed by atoms with Crippen LogP contribution in [0.4, 0.5) is 28.9 Å². The summed E-state index contributed by atoms with van der Waals surface area (Å²) in [4.78, 5) is 26.9. The SMILES string of the molecule is CC(=O)Nc1ccc(C(F)(F)F)cc1NC(=O)Cc1c(C)[nH]c2ccc(F)cc12. The largest absolute Gasteiger partial charge is 0.416 e. The molecule has 0 bridgehead atoms. The summed E-state index contributed by atoms with van der Waals surface area (Å²) in [7, 11) is 0. The van der Waals surface area contributed by atoms with Crippen molar-refractivity contribution in [3.63, 3.8) is 0 Å². The monoisotopic (exact) mass is 407 g/mol. The van der Waals surface area contributed by atoms with Crippen molar-refractivity contribution < 1.29 is 27.2 Å². The van der Waals surface area contributed by atoms with Gasteiger partial charge in [-0.2, -0.15) is 13.2 Å². The zero-order chi connectivity index (χ0) is 21.3. The predicted octanol–water partition coefficient (Wildman–Crippen LogP) is 4.77. The maximum atomic E-state index is 13.6. The molecule has 0 spiro atoms. The number of hydrogen-bond donors (Lipinski definition) is 3. The van der Waals surface area contributed by atoms with Gasteiger partial charge in [-0.15, -0.1) is 0 Å². The molecule has 2 aromatic carbocycles. The lowest BCUT2D eigenvalue weighted by atomic mass is 10.1. The summed E-state index contributed by atoms with van der Waals surface area (Å²) in [5.74, 6) is -1.57. The van der Waals surface area contributed by atoms with Crippen molar-refractivity contribution in [1.82, 2.24) is 4.98 Å². The molecule has 9 heteroatoms. The number of aromatic amines is 1. The molecule has 0 aliphatic rings. The van der Waals surface area contributed by atoms with Crippen molar-refractivity contribution >= 4 is 34.1 Å². The Bertz CT molecular complexity index is 1100. The number of H-pyrrole nitrogens is 1. The molecule has 3 N–H and O–H groups in total. The zero-order valence-electron chi connectivity index (χ0n) is 15.5. The molecule has 0 unspecified atom stereocenters. The van der Waals surface area contributed by atoms with E-state index in [1.807, 2.05) is 0 Å². The predicted molar refractivity (Wildman–Crippen MR) is 101 cm³/mol. The van der Waals surface area contributed by atoms with Gasteiger partial charge in [0.15, 0.2) is 0 Å². The number of halogens is 4. The number of alkyl halides is 3. The second-order valence-corrected chi connectivity index (χ2v) is 6.58. The Morgan fingerprint density at radius 2 is 1.76 bits per heavy atom. The van der Waals surface area contributed by atoms with Gasteiger partial charge in [0.2, 0.25) is 11.8 Å². The van der Waals surface area contributed by atoms with Gasteiger partial charge in [0.25, 0.3) is 0 Å². The van der Waals surface area contributed by atoms with Crippen molar-refractivity contribution in [2.45, 2.75) is 26.4 Å². The van der Waals surface area contributed by atoms with Gasteiger partial charge in [0.1, 0.15) is 5.82 Å². The van der Waals surface area contributed by atoms with E-state index in [9.17, 15) is 27.2 Å². The van der Waals surface area contributed by atoms with Gasteiger partial charge in [0.05, 0.1) is 23.4 Å². The van der Waals surface area contributed by atoms with E-state index in [4.69, 9.17) is 0 Å². The van der Waals surface area contributed by atoms with Crippen molar-refractivity contribution in [2.24, 2.45) is 0 Å². The Labute approximate surface area is 163 Å². The number of hydrogen-bond acceptors (Lipinski definition) is 2. The molecule has 1 aromatic heterocycles. The number of carbonyl (C=O) groups excluding carboxylic acids is 2. The Morgan fingerprint density at radius 1 is 1.03 bits per heavy atom. The number of amides is 2. The molecule has 3 rings (SSSR count). The number of rotatable bonds is 4. The molecular formula is C20H17F4N3O2. The van der Waals surface area contributed by atoms with Crippen molar-refractivity contribution in [3.05, 3.63) is 59.0 Å². The number of benzene rings is 2. The molecule has 0 aliphatic carbocycles. The highest BCUT2D eigenvalue weighted by molar-refractivity contribution is 6.01. The van der Waals surface area contributed by atoms with Crippen molar-refractivity contribution in [1.29, 1.82) is 0 Å². The summed E-state index contributed by atoms with van der Waals surface area (Å²) in [6.45, 7) is 2.92. The van der Waals surface area contributed by atoms with Crippen LogP contribution < -0.4 is 10.6 Å². The first-order valence-corrected chi connectivity index (χ1v) is 8.60. The lowest BCUT2D eigenvalue weighted by Gasteiger charge is -2.15. The molecule has 0 saturated carbocycles. The fraction of sp³-hybridized carbons (Fsp3) is 0.200. The third-order valence-electron chi connectivity index (χ3n) is 4.35. The Balaban J connectivity index is 1.91. The third-order valence-corrected chi connectivity index (χ3v) is 4.35. The molecule has 152 valence electrons. The van der Waals surface area contributed by atoms with Crippen LogP contribution in [0.25, 0.3) is 10.9 Å². The van der Waals surface area contributed by atoms with Gasteiger partial charge in [0, 0.05) is 23.5 Å². The van der Waals surface area contributed by atoms with Gasteiger partial charge in [-0.25, -0.2) is 4.39 Å². The Morgan fingerprint density at radius 3 is 2.41 bits per heavy atom. The molecule has 1 heterocycles. The molecule has 0 aliphatic heterocycles. The zero-order valence-corrected chi connectivity index (χ0v) is 15.5. The van der Waals surface area contributed by atoms with Crippen LogP contribution in [0.2, 0.25) is 0 Å². The summed E-state index contributed by atoms with van der Waals surface area (Å²) >= 11 is 0. The lowest BCUT2D eigenvalue weighted by molar-refractivity contribution is -0.137. The Kier molecular flexibility index (Phi) is 5.32. The summed E-state index contributed by atoms with van der Waals surface area (Å²) in [5, 5.41) is 5.32. The number of carbonyl (C=O) groups is 2. The lowest BCUT2D eigenvalue weighted by Crippen LogP contribution is -2.18. The number of nitrogens with one attached hydrogen (secondary N) is 3. The molecule has 0 radical (unpaired) electrons. The number of aromatic nitrogens is 1. The first kappa shape index (κ1) is 20.4. The first-order valence-electron chi connectivity index (χ1n) is 8.60. The van der Waals surface area contributed by atoms with E-state index in [0.29, 0.717) is 22.2 Å². The maximum absolute atomic E-state index is 13.6. The quantitative estimate of drug-likeness (QED) is 0.545. The van der Waals surface area contributed by atoms with Crippen LogP contribution in [0, 0.1) is 12.7 Å². The fourth-order valence-electron chi connectivity index (χ4n) is 3.06. The second-order valence-electron chi connectivity index (χ2n) is 6.58. The molecule has 3 aromatic rings. The molecule has 5 nitrogen and oxygen atoms in total. The van der Waals surface area contributed by atoms with Gasteiger partial charge < -0.3 is 15.6 Å². The molecular weight excluding hydrogens is 390 g/mol. The summed E-state index contributed by atoms with van der Waals surface area (Å²) in [6.07, 6.45) is -4.80. The third kappa shape index (κ3) is 4.56. The van der Waals surface area contributed by atoms with Crippen LogP contribution in [-0.4, -0.2) is 16.8 Å². The average Bonchev–Trinajstić information content (AvgIpc) is 2.90. The van der Waals surface area contributed by atoms with Crippen LogP contribution in [0.3, 0.4) is 0 Å². The van der Waals surface area contributed by atoms with E-state index in [1.54, 1.807) is 13.0 Å². The minimum Gasteiger partial charge on any atom is -0.358 e. The normalized spacial score (nSPS) is 11.5. The number of fused-ring (bicyclic) bond motifs is 1. The summed E-state index contributed by atoms with van der Waals surface area (Å²) in [5.41, 5.74) is 0.720. The maximum Gasteiger partial charge on any atom is 0.416 e. The number of aryl methyl sites for hydroxylation is 1. The van der Waals surface area contributed by atoms with Gasteiger partial charge in [-0.1, -0.05) is 0 Å². The minimum atomic E-state index is -4.61. The molecule has 0 fully saturated rings. The van der Waals surface area contributed by atoms with Crippen LogP contribution in [0.5, 0.6) is 0 Å². The molecule has 29 heavy (non-hydrogen) atoms. The topological polar surface area (TPSA) is 74.0 Å². The van der Waals surface area contributed by atoms with E-state index in [1.165, 1.54) is 19.1 Å². The highest BCUT2D eigenvalue weighted by atomic mass is 19.4. The average molecular weight is 407 g/mol. The van der Waals surface area contributed by atoms with Crippen molar-refractivity contribution in [3.8, 4) is 0 Å². The highest BCUT2D eigenvalue weighted by Crippen LogP contribution is 2.34.